The molecule has 1 aromatic carbocycles. The summed E-state index contributed by atoms with van der Waals surface area (Å²) < 4.78 is 17.8. The van der Waals surface area contributed by atoms with Crippen molar-refractivity contribution in [1.29, 1.82) is 0 Å². The van der Waals surface area contributed by atoms with Gasteiger partial charge in [-0.25, -0.2) is 4.98 Å². The molecule has 3 aromatic rings. The SMILES string of the molecule is CC1CC(C)(C)OB([C@H](Cc2coc3ccccc23)NC(=O)C(=O)Nc2cnccn2)O1. The Bertz CT molecular complexity index is 1100. The van der Waals surface area contributed by atoms with Crippen molar-refractivity contribution in [2.75, 3.05) is 5.32 Å². The molecule has 166 valence electrons. The smallest absolute Gasteiger partial charge is 0.464 e. The van der Waals surface area contributed by atoms with Crippen LogP contribution < -0.4 is 10.6 Å². The van der Waals surface area contributed by atoms with Gasteiger partial charge in [-0.15, -0.1) is 0 Å². The molecule has 2 aromatic heterocycles. The first-order valence-electron chi connectivity index (χ1n) is 10.5. The summed E-state index contributed by atoms with van der Waals surface area (Å²) in [5.41, 5.74) is 1.18. The zero-order valence-corrected chi connectivity index (χ0v) is 18.2. The standard InChI is InChI=1S/C22H25BN4O5/c1-14-11-22(2,3)32-23(31-14)18(10-15-13-30-17-7-5-4-6-16(15)17)26-20(28)21(29)27-19-12-24-8-9-25-19/h4-9,12-14,18H,10-11H2,1-3H3,(H,26,28)(H,25,27,29)/t14?,18-/m0/s1. The molecule has 3 heterocycles. The normalized spacial score (nSPS) is 18.8. The highest BCUT2D eigenvalue weighted by molar-refractivity contribution is 6.49. The van der Waals surface area contributed by atoms with Crippen molar-refractivity contribution in [2.45, 2.75) is 51.3 Å². The van der Waals surface area contributed by atoms with E-state index in [-0.39, 0.29) is 11.9 Å². The van der Waals surface area contributed by atoms with Crippen molar-refractivity contribution in [3.05, 3.63) is 54.7 Å². The van der Waals surface area contributed by atoms with E-state index >= 15 is 0 Å². The lowest BCUT2D eigenvalue weighted by atomic mass is 9.71. The summed E-state index contributed by atoms with van der Waals surface area (Å²) in [7, 11) is -0.740. The van der Waals surface area contributed by atoms with Crippen molar-refractivity contribution in [3.63, 3.8) is 0 Å². The summed E-state index contributed by atoms with van der Waals surface area (Å²) in [5, 5.41) is 6.15. The van der Waals surface area contributed by atoms with Gasteiger partial charge >= 0.3 is 18.9 Å². The van der Waals surface area contributed by atoms with Gasteiger partial charge in [0.05, 0.1) is 24.0 Å². The number of carbonyl (C=O) groups excluding carboxylic acids is 2. The first-order chi connectivity index (χ1) is 15.3. The molecule has 1 aliphatic heterocycles. The second-order valence-corrected chi connectivity index (χ2v) is 8.48. The van der Waals surface area contributed by atoms with Gasteiger partial charge in [0.25, 0.3) is 0 Å². The Kier molecular flexibility index (Phi) is 6.25. The highest BCUT2D eigenvalue weighted by Gasteiger charge is 2.43. The Morgan fingerprint density at radius 2 is 2.06 bits per heavy atom. The van der Waals surface area contributed by atoms with E-state index in [0.717, 1.165) is 16.5 Å². The second kappa shape index (κ2) is 9.09. The van der Waals surface area contributed by atoms with E-state index in [9.17, 15) is 9.59 Å². The molecule has 2 atom stereocenters. The number of anilines is 1. The van der Waals surface area contributed by atoms with Gasteiger partial charge in [-0.3, -0.25) is 14.6 Å². The Morgan fingerprint density at radius 3 is 2.81 bits per heavy atom. The molecule has 0 spiro atoms. The quantitative estimate of drug-likeness (QED) is 0.467. The van der Waals surface area contributed by atoms with E-state index in [2.05, 4.69) is 20.6 Å². The first-order valence-corrected chi connectivity index (χ1v) is 10.5. The van der Waals surface area contributed by atoms with E-state index in [4.69, 9.17) is 13.7 Å². The van der Waals surface area contributed by atoms with Crippen LogP contribution in [0.4, 0.5) is 5.82 Å². The topological polar surface area (TPSA) is 116 Å². The number of aromatic nitrogens is 2. The molecular formula is C22H25BN4O5. The van der Waals surface area contributed by atoms with Crippen LogP contribution in [-0.2, 0) is 25.3 Å². The minimum absolute atomic E-state index is 0.0716. The molecule has 0 bridgehead atoms. The number of carbonyl (C=O) groups is 2. The molecule has 1 unspecified atom stereocenters. The fourth-order valence-electron chi connectivity index (χ4n) is 3.95. The fraction of sp³-hybridized carbons (Fsp3) is 0.364. The molecule has 2 N–H and O–H groups in total. The minimum Gasteiger partial charge on any atom is -0.464 e. The number of nitrogens with one attached hydrogen (secondary N) is 2. The Morgan fingerprint density at radius 1 is 1.25 bits per heavy atom. The van der Waals surface area contributed by atoms with Crippen LogP contribution in [0.25, 0.3) is 11.0 Å². The van der Waals surface area contributed by atoms with Crippen molar-refractivity contribution in [1.82, 2.24) is 15.3 Å². The average Bonchev–Trinajstić information content (AvgIpc) is 3.15. The Balaban J connectivity index is 1.55. The number of amides is 2. The largest absolute Gasteiger partial charge is 0.481 e. The van der Waals surface area contributed by atoms with Crippen LogP contribution in [0.5, 0.6) is 0 Å². The van der Waals surface area contributed by atoms with E-state index in [1.807, 2.05) is 45.0 Å². The molecule has 4 rings (SSSR count). The number of benzene rings is 1. The summed E-state index contributed by atoms with van der Waals surface area (Å²) in [4.78, 5) is 33.0. The number of para-hydroxylation sites is 1. The van der Waals surface area contributed by atoms with E-state index in [1.54, 1.807) is 6.26 Å². The van der Waals surface area contributed by atoms with Crippen LogP contribution in [0.3, 0.4) is 0 Å². The summed E-state index contributed by atoms with van der Waals surface area (Å²) in [5.74, 6) is -2.12. The molecule has 0 saturated carbocycles. The van der Waals surface area contributed by atoms with Crippen molar-refractivity contribution in [2.24, 2.45) is 0 Å². The maximum Gasteiger partial charge on any atom is 0.481 e. The van der Waals surface area contributed by atoms with Gasteiger partial charge in [0.2, 0.25) is 0 Å². The fourth-order valence-corrected chi connectivity index (χ4v) is 3.95. The molecule has 1 saturated heterocycles. The van der Waals surface area contributed by atoms with Gasteiger partial charge in [-0.05, 0) is 45.2 Å². The van der Waals surface area contributed by atoms with Crippen LogP contribution in [0.2, 0.25) is 0 Å². The average molecular weight is 436 g/mol. The monoisotopic (exact) mass is 436 g/mol. The Hall–Kier alpha value is -3.24. The predicted molar refractivity (Wildman–Crippen MR) is 119 cm³/mol. The van der Waals surface area contributed by atoms with Crippen molar-refractivity contribution < 1.29 is 23.3 Å². The van der Waals surface area contributed by atoms with Gasteiger partial charge in [0, 0.05) is 23.9 Å². The van der Waals surface area contributed by atoms with Crippen molar-refractivity contribution >= 4 is 35.7 Å². The second-order valence-electron chi connectivity index (χ2n) is 8.48. The molecule has 0 aliphatic carbocycles. The van der Waals surface area contributed by atoms with E-state index in [0.29, 0.717) is 12.8 Å². The molecule has 1 aliphatic rings. The van der Waals surface area contributed by atoms with Gasteiger partial charge in [0.15, 0.2) is 5.82 Å². The maximum atomic E-state index is 12.7. The third-order valence-corrected chi connectivity index (χ3v) is 5.24. The third-order valence-electron chi connectivity index (χ3n) is 5.24. The number of hydrogen-bond acceptors (Lipinski definition) is 7. The lowest BCUT2D eigenvalue weighted by Gasteiger charge is -2.40. The summed E-state index contributed by atoms with van der Waals surface area (Å²) >= 11 is 0. The van der Waals surface area contributed by atoms with Crippen LogP contribution in [0.15, 0.2) is 53.5 Å². The molecular weight excluding hydrogens is 411 g/mol. The molecule has 32 heavy (non-hydrogen) atoms. The zero-order valence-electron chi connectivity index (χ0n) is 18.2. The minimum atomic E-state index is -0.851. The van der Waals surface area contributed by atoms with Crippen LogP contribution in [0.1, 0.15) is 32.8 Å². The van der Waals surface area contributed by atoms with Crippen LogP contribution in [0, 0.1) is 0 Å². The van der Waals surface area contributed by atoms with Gasteiger partial charge in [-0.1, -0.05) is 18.2 Å². The van der Waals surface area contributed by atoms with Gasteiger partial charge in [0.1, 0.15) is 5.58 Å². The zero-order chi connectivity index (χ0) is 22.7. The maximum absolute atomic E-state index is 12.7. The summed E-state index contributed by atoms with van der Waals surface area (Å²) in [6.07, 6.45) is 6.91. The first kappa shape index (κ1) is 22.0. The van der Waals surface area contributed by atoms with Crippen LogP contribution in [-0.4, -0.2) is 46.5 Å². The molecule has 10 heteroatoms. The molecule has 9 nitrogen and oxygen atoms in total. The summed E-state index contributed by atoms with van der Waals surface area (Å²) in [6, 6.07) is 7.63. The lowest BCUT2D eigenvalue weighted by Crippen LogP contribution is -2.59. The Labute approximate surface area is 186 Å². The number of nitrogens with zero attached hydrogens (tertiary/aromatic N) is 2. The highest BCUT2D eigenvalue weighted by Crippen LogP contribution is 2.29. The third kappa shape index (κ3) is 5.15. The molecule has 1 fully saturated rings. The number of rotatable bonds is 5. The summed E-state index contributed by atoms with van der Waals surface area (Å²) in [6.45, 7) is 5.92. The number of hydrogen-bond donors (Lipinski definition) is 2. The van der Waals surface area contributed by atoms with E-state index in [1.165, 1.54) is 18.6 Å². The van der Waals surface area contributed by atoms with Crippen molar-refractivity contribution in [3.8, 4) is 0 Å². The molecule has 0 radical (unpaired) electrons. The van der Waals surface area contributed by atoms with E-state index < -0.39 is 30.5 Å². The van der Waals surface area contributed by atoms with Crippen LogP contribution >= 0.6 is 0 Å². The van der Waals surface area contributed by atoms with Gasteiger partial charge in [-0.2, -0.15) is 0 Å². The number of furan rings is 1. The lowest BCUT2D eigenvalue weighted by molar-refractivity contribution is -0.136. The predicted octanol–water partition coefficient (Wildman–Crippen LogP) is 2.52. The highest BCUT2D eigenvalue weighted by atomic mass is 16.6. The molecule has 2 amide bonds. The van der Waals surface area contributed by atoms with Gasteiger partial charge < -0.3 is 24.4 Å². The number of fused-ring (bicyclic) bond motifs is 1.